The van der Waals surface area contributed by atoms with Gasteiger partial charge in [-0.15, -0.1) is 11.3 Å². The molecule has 7 heteroatoms. The Kier molecular flexibility index (Phi) is 4.94. The van der Waals surface area contributed by atoms with Crippen LogP contribution in [0.3, 0.4) is 0 Å². The van der Waals surface area contributed by atoms with E-state index in [1.54, 1.807) is 17.4 Å². The van der Waals surface area contributed by atoms with Gasteiger partial charge in [-0.05, 0) is 26.3 Å². The van der Waals surface area contributed by atoms with Gasteiger partial charge in [0.25, 0.3) is 5.56 Å². The summed E-state index contributed by atoms with van der Waals surface area (Å²) in [6, 6.07) is 7.30. The van der Waals surface area contributed by atoms with Gasteiger partial charge in [-0.1, -0.05) is 25.1 Å². The number of carbonyl (C=O) groups is 1. The SMILES string of the molecule is CCc1nc(C)sc1CNC(=O)Cn1nc(C)c2ccccc2c1=O. The molecule has 0 saturated carbocycles. The average molecular weight is 356 g/mol. The lowest BCUT2D eigenvalue weighted by Gasteiger charge is -2.09. The molecule has 0 radical (unpaired) electrons. The molecular weight excluding hydrogens is 336 g/mol. The molecule has 3 aromatic rings. The van der Waals surface area contributed by atoms with Crippen molar-refractivity contribution in [3.8, 4) is 0 Å². The number of aromatic nitrogens is 3. The van der Waals surface area contributed by atoms with E-state index in [1.165, 1.54) is 4.68 Å². The van der Waals surface area contributed by atoms with Crippen LogP contribution in [0.4, 0.5) is 0 Å². The molecule has 1 amide bonds. The molecule has 0 aliphatic rings. The summed E-state index contributed by atoms with van der Waals surface area (Å²) in [5, 5.41) is 9.51. The predicted octanol–water partition coefficient (Wildman–Crippen LogP) is 2.35. The standard InChI is InChI=1S/C18H20N4O2S/c1-4-15-16(25-12(3)20-15)9-19-17(23)10-22-18(24)14-8-6-5-7-13(14)11(2)21-22/h5-8H,4,9-10H2,1-3H3,(H,19,23). The lowest BCUT2D eigenvalue weighted by Crippen LogP contribution is -2.33. The first kappa shape index (κ1) is 17.3. The molecule has 2 aromatic heterocycles. The molecule has 0 spiro atoms. The molecule has 1 aromatic carbocycles. The second kappa shape index (κ2) is 7.14. The van der Waals surface area contributed by atoms with Crippen LogP contribution in [0.2, 0.25) is 0 Å². The van der Waals surface area contributed by atoms with E-state index >= 15 is 0 Å². The molecule has 0 unspecified atom stereocenters. The van der Waals surface area contributed by atoms with Gasteiger partial charge in [0, 0.05) is 10.3 Å². The summed E-state index contributed by atoms with van der Waals surface area (Å²) in [5.41, 5.74) is 1.49. The Morgan fingerprint density at radius 3 is 2.68 bits per heavy atom. The smallest absolute Gasteiger partial charge is 0.275 e. The van der Waals surface area contributed by atoms with Crippen LogP contribution in [0.15, 0.2) is 29.1 Å². The quantitative estimate of drug-likeness (QED) is 0.761. The number of nitrogens with one attached hydrogen (secondary N) is 1. The molecule has 2 heterocycles. The Hall–Kier alpha value is -2.54. The third kappa shape index (κ3) is 3.61. The molecule has 25 heavy (non-hydrogen) atoms. The summed E-state index contributed by atoms with van der Waals surface area (Å²) < 4.78 is 1.23. The number of carbonyl (C=O) groups excluding carboxylic acids is 1. The van der Waals surface area contributed by atoms with Crippen LogP contribution in [0.5, 0.6) is 0 Å². The van der Waals surface area contributed by atoms with Crippen LogP contribution in [0.1, 0.15) is 28.2 Å². The zero-order valence-electron chi connectivity index (χ0n) is 14.5. The minimum atomic E-state index is -0.251. The van der Waals surface area contributed by atoms with E-state index in [0.717, 1.165) is 33.1 Å². The number of hydrogen-bond donors (Lipinski definition) is 1. The van der Waals surface area contributed by atoms with Gasteiger partial charge in [-0.2, -0.15) is 5.10 Å². The van der Waals surface area contributed by atoms with Crippen LogP contribution in [0.25, 0.3) is 10.8 Å². The van der Waals surface area contributed by atoms with Gasteiger partial charge in [0.05, 0.1) is 28.3 Å². The number of thiazole rings is 1. The zero-order chi connectivity index (χ0) is 18.0. The molecule has 3 rings (SSSR count). The maximum absolute atomic E-state index is 12.5. The Morgan fingerprint density at radius 1 is 1.24 bits per heavy atom. The summed E-state index contributed by atoms with van der Waals surface area (Å²) in [6.07, 6.45) is 0.834. The number of rotatable bonds is 5. The molecule has 0 fully saturated rings. The van der Waals surface area contributed by atoms with Crippen LogP contribution in [-0.4, -0.2) is 20.7 Å². The molecule has 0 atom stereocenters. The Labute approximate surface area is 149 Å². The van der Waals surface area contributed by atoms with E-state index < -0.39 is 0 Å². The lowest BCUT2D eigenvalue weighted by molar-refractivity contribution is -0.122. The highest BCUT2D eigenvalue weighted by molar-refractivity contribution is 7.11. The minimum absolute atomic E-state index is 0.0935. The monoisotopic (exact) mass is 356 g/mol. The van der Waals surface area contributed by atoms with Crippen LogP contribution < -0.4 is 10.9 Å². The minimum Gasteiger partial charge on any atom is -0.350 e. The highest BCUT2D eigenvalue weighted by atomic mass is 32.1. The molecule has 0 aliphatic heterocycles. The second-order valence-corrected chi connectivity index (χ2v) is 7.11. The van der Waals surface area contributed by atoms with Gasteiger partial charge in [0.15, 0.2) is 0 Å². The number of nitrogens with zero attached hydrogens (tertiary/aromatic N) is 3. The van der Waals surface area contributed by atoms with E-state index in [2.05, 4.69) is 15.4 Å². The maximum atomic E-state index is 12.5. The maximum Gasteiger partial charge on any atom is 0.275 e. The number of amides is 1. The van der Waals surface area contributed by atoms with Crippen LogP contribution >= 0.6 is 11.3 Å². The van der Waals surface area contributed by atoms with Gasteiger partial charge in [0.2, 0.25) is 5.91 Å². The first-order valence-corrected chi connectivity index (χ1v) is 8.99. The summed E-state index contributed by atoms with van der Waals surface area (Å²) in [6.45, 7) is 6.17. The zero-order valence-corrected chi connectivity index (χ0v) is 15.3. The van der Waals surface area contributed by atoms with Crippen molar-refractivity contribution in [1.29, 1.82) is 0 Å². The van der Waals surface area contributed by atoms with Gasteiger partial charge in [-0.3, -0.25) is 9.59 Å². The third-order valence-corrected chi connectivity index (χ3v) is 5.03. The van der Waals surface area contributed by atoms with Crippen molar-refractivity contribution in [3.63, 3.8) is 0 Å². The molecule has 0 saturated heterocycles. The van der Waals surface area contributed by atoms with Crippen molar-refractivity contribution in [2.24, 2.45) is 0 Å². The Morgan fingerprint density at radius 2 is 1.96 bits per heavy atom. The van der Waals surface area contributed by atoms with Crippen molar-refractivity contribution in [3.05, 3.63) is 55.9 Å². The van der Waals surface area contributed by atoms with Gasteiger partial charge < -0.3 is 5.32 Å². The number of aryl methyl sites for hydroxylation is 3. The van der Waals surface area contributed by atoms with Crippen LogP contribution in [-0.2, 0) is 24.3 Å². The number of fused-ring (bicyclic) bond motifs is 1. The lowest BCUT2D eigenvalue weighted by atomic mass is 10.1. The largest absolute Gasteiger partial charge is 0.350 e. The van der Waals surface area contributed by atoms with Crippen molar-refractivity contribution in [2.75, 3.05) is 0 Å². The van der Waals surface area contributed by atoms with Gasteiger partial charge in [-0.25, -0.2) is 9.67 Å². The molecule has 0 bridgehead atoms. The summed E-state index contributed by atoms with van der Waals surface area (Å²) in [5.74, 6) is -0.239. The second-order valence-electron chi connectivity index (χ2n) is 5.83. The van der Waals surface area contributed by atoms with Crippen molar-refractivity contribution in [1.82, 2.24) is 20.1 Å². The Bertz CT molecular complexity index is 990. The molecule has 1 N–H and O–H groups in total. The number of hydrogen-bond acceptors (Lipinski definition) is 5. The highest BCUT2D eigenvalue weighted by Crippen LogP contribution is 2.18. The average Bonchev–Trinajstić information content (AvgIpc) is 2.97. The van der Waals surface area contributed by atoms with E-state index in [0.29, 0.717) is 11.9 Å². The number of benzene rings is 1. The van der Waals surface area contributed by atoms with Crippen LogP contribution in [0, 0.1) is 13.8 Å². The van der Waals surface area contributed by atoms with E-state index in [-0.39, 0.29) is 18.0 Å². The summed E-state index contributed by atoms with van der Waals surface area (Å²) >= 11 is 1.58. The third-order valence-electron chi connectivity index (χ3n) is 4.01. The molecule has 130 valence electrons. The van der Waals surface area contributed by atoms with Crippen molar-refractivity contribution >= 4 is 28.0 Å². The fourth-order valence-corrected chi connectivity index (χ4v) is 3.77. The van der Waals surface area contributed by atoms with E-state index in [4.69, 9.17) is 0 Å². The summed E-state index contributed by atoms with van der Waals surface area (Å²) in [7, 11) is 0. The highest BCUT2D eigenvalue weighted by Gasteiger charge is 2.12. The van der Waals surface area contributed by atoms with Gasteiger partial charge >= 0.3 is 0 Å². The first-order valence-electron chi connectivity index (χ1n) is 8.18. The topological polar surface area (TPSA) is 76.9 Å². The van der Waals surface area contributed by atoms with Gasteiger partial charge in [0.1, 0.15) is 6.54 Å². The fraction of sp³-hybridized carbons (Fsp3) is 0.333. The van der Waals surface area contributed by atoms with Crippen molar-refractivity contribution < 1.29 is 4.79 Å². The molecule has 0 aliphatic carbocycles. The van der Waals surface area contributed by atoms with E-state index in [1.807, 2.05) is 39.0 Å². The van der Waals surface area contributed by atoms with Crippen molar-refractivity contribution in [2.45, 2.75) is 40.3 Å². The molecule has 6 nitrogen and oxygen atoms in total. The van der Waals surface area contributed by atoms with E-state index in [9.17, 15) is 9.59 Å². The summed E-state index contributed by atoms with van der Waals surface area (Å²) in [4.78, 5) is 30.3. The normalized spacial score (nSPS) is 11.0. The molecular formula is C18H20N4O2S. The fourth-order valence-electron chi connectivity index (χ4n) is 2.81. The first-order chi connectivity index (χ1) is 12.0. The predicted molar refractivity (Wildman–Crippen MR) is 98.8 cm³/mol. The Balaban J connectivity index is 1.76.